The molecule has 0 unspecified atom stereocenters. The molecule has 0 bridgehead atoms. The number of aryl methyl sites for hydroxylation is 1. The van der Waals surface area contributed by atoms with Crippen molar-refractivity contribution < 1.29 is 0 Å². The van der Waals surface area contributed by atoms with Crippen LogP contribution < -0.4 is 10.2 Å². The molecule has 118 valence electrons. The van der Waals surface area contributed by atoms with Gasteiger partial charge in [0.05, 0.1) is 5.69 Å². The van der Waals surface area contributed by atoms with Gasteiger partial charge in [-0.15, -0.1) is 11.3 Å². The first-order chi connectivity index (χ1) is 10.3. The van der Waals surface area contributed by atoms with E-state index in [1.807, 2.05) is 18.4 Å². The fraction of sp³-hybridized carbons (Fsp3) is 0.824. The van der Waals surface area contributed by atoms with Crippen LogP contribution in [0.2, 0.25) is 0 Å². The van der Waals surface area contributed by atoms with Crippen LogP contribution in [0.1, 0.15) is 62.4 Å². The number of nitrogens with one attached hydrogen (secondary N) is 1. The van der Waals surface area contributed by atoms with Crippen molar-refractivity contribution in [1.29, 1.82) is 0 Å². The number of nitrogens with zero attached hydrogens (tertiary/aromatic N) is 2. The van der Waals surface area contributed by atoms with Crippen LogP contribution in [0.5, 0.6) is 0 Å². The van der Waals surface area contributed by atoms with Crippen LogP contribution in [0.3, 0.4) is 0 Å². The third kappa shape index (κ3) is 3.26. The lowest BCUT2D eigenvalue weighted by Crippen LogP contribution is -2.38. The average molecular weight is 308 g/mol. The molecule has 0 atom stereocenters. The Hall–Kier alpha value is -0.610. The fourth-order valence-corrected chi connectivity index (χ4v) is 5.20. The van der Waals surface area contributed by atoms with Crippen molar-refractivity contribution in [2.75, 3.05) is 25.0 Å². The Kier molecular flexibility index (Phi) is 4.85. The number of rotatable bonds is 5. The van der Waals surface area contributed by atoms with E-state index >= 15 is 0 Å². The molecule has 1 saturated heterocycles. The van der Waals surface area contributed by atoms with Crippen LogP contribution in [-0.4, -0.2) is 25.1 Å². The predicted octanol–water partition coefficient (Wildman–Crippen LogP) is 3.98. The molecule has 1 saturated carbocycles. The van der Waals surface area contributed by atoms with Crippen LogP contribution >= 0.6 is 11.3 Å². The van der Waals surface area contributed by atoms with Crippen molar-refractivity contribution in [3.8, 4) is 0 Å². The first-order valence-corrected chi connectivity index (χ1v) is 9.46. The Labute approximate surface area is 133 Å². The molecule has 1 aliphatic heterocycles. The SMILES string of the molecule is CCCc1nc(N2CCC3(CCCC3)CC2)sc1CNC. The molecule has 2 heterocycles. The van der Waals surface area contributed by atoms with Crippen molar-refractivity contribution in [3.05, 3.63) is 10.6 Å². The van der Waals surface area contributed by atoms with E-state index in [1.165, 1.54) is 73.7 Å². The highest BCUT2D eigenvalue weighted by molar-refractivity contribution is 7.15. The fourth-order valence-electron chi connectivity index (χ4n) is 4.03. The Bertz CT molecular complexity index is 429. The van der Waals surface area contributed by atoms with Gasteiger partial charge in [0.1, 0.15) is 0 Å². The van der Waals surface area contributed by atoms with Gasteiger partial charge in [0.2, 0.25) is 0 Å². The van der Waals surface area contributed by atoms with Crippen LogP contribution in [0.4, 0.5) is 5.13 Å². The maximum Gasteiger partial charge on any atom is 0.185 e. The largest absolute Gasteiger partial charge is 0.348 e. The Morgan fingerprint density at radius 3 is 2.52 bits per heavy atom. The highest BCUT2D eigenvalue weighted by atomic mass is 32.1. The molecule has 1 N–H and O–H groups in total. The highest BCUT2D eigenvalue weighted by Gasteiger charge is 2.37. The Balaban J connectivity index is 1.68. The zero-order chi connectivity index (χ0) is 14.7. The molecular weight excluding hydrogens is 278 g/mol. The van der Waals surface area contributed by atoms with E-state index in [-0.39, 0.29) is 0 Å². The third-order valence-corrected chi connectivity index (χ3v) is 6.51. The van der Waals surface area contributed by atoms with E-state index in [9.17, 15) is 0 Å². The summed E-state index contributed by atoms with van der Waals surface area (Å²) in [5, 5.41) is 4.57. The second kappa shape index (κ2) is 6.66. The zero-order valence-electron chi connectivity index (χ0n) is 13.6. The quantitative estimate of drug-likeness (QED) is 0.892. The van der Waals surface area contributed by atoms with Gasteiger partial charge in [-0.2, -0.15) is 0 Å². The van der Waals surface area contributed by atoms with Gasteiger partial charge >= 0.3 is 0 Å². The summed E-state index contributed by atoms with van der Waals surface area (Å²) in [5.74, 6) is 0. The van der Waals surface area contributed by atoms with E-state index in [1.54, 1.807) is 0 Å². The minimum Gasteiger partial charge on any atom is -0.348 e. The number of piperidine rings is 1. The lowest BCUT2D eigenvalue weighted by atomic mass is 9.77. The van der Waals surface area contributed by atoms with Crippen LogP contribution in [0.15, 0.2) is 0 Å². The summed E-state index contributed by atoms with van der Waals surface area (Å²) in [6.45, 7) is 5.65. The summed E-state index contributed by atoms with van der Waals surface area (Å²) < 4.78 is 0. The number of anilines is 1. The van der Waals surface area contributed by atoms with Crippen LogP contribution in [0, 0.1) is 5.41 Å². The molecule has 0 amide bonds. The summed E-state index contributed by atoms with van der Waals surface area (Å²) in [4.78, 5) is 8.95. The molecule has 21 heavy (non-hydrogen) atoms. The molecule has 1 spiro atoms. The maximum absolute atomic E-state index is 4.96. The first kappa shape index (κ1) is 15.3. The van der Waals surface area contributed by atoms with E-state index in [4.69, 9.17) is 4.98 Å². The second-order valence-electron chi connectivity index (χ2n) is 6.84. The summed E-state index contributed by atoms with van der Waals surface area (Å²) in [6, 6.07) is 0. The molecule has 1 aromatic rings. The van der Waals surface area contributed by atoms with E-state index < -0.39 is 0 Å². The minimum atomic E-state index is 0.702. The normalized spacial score (nSPS) is 21.3. The summed E-state index contributed by atoms with van der Waals surface area (Å²) in [7, 11) is 2.03. The van der Waals surface area contributed by atoms with Crippen molar-refractivity contribution in [3.63, 3.8) is 0 Å². The standard InChI is InChI=1S/C17H29N3S/c1-3-6-14-15(13-18-2)21-16(19-14)20-11-9-17(10-12-20)7-4-5-8-17/h18H,3-13H2,1-2H3. The first-order valence-electron chi connectivity index (χ1n) is 8.64. The van der Waals surface area contributed by atoms with Crippen molar-refractivity contribution in [1.82, 2.24) is 10.3 Å². The minimum absolute atomic E-state index is 0.702. The summed E-state index contributed by atoms with van der Waals surface area (Å²) >= 11 is 1.91. The van der Waals surface area contributed by atoms with Gasteiger partial charge in [-0.05, 0) is 44.6 Å². The second-order valence-corrected chi connectivity index (χ2v) is 7.90. The molecular formula is C17H29N3S. The van der Waals surface area contributed by atoms with E-state index in [0.29, 0.717) is 5.41 Å². The summed E-state index contributed by atoms with van der Waals surface area (Å²) in [5.41, 5.74) is 2.03. The molecule has 0 aromatic carbocycles. The topological polar surface area (TPSA) is 28.2 Å². The Morgan fingerprint density at radius 1 is 1.19 bits per heavy atom. The van der Waals surface area contributed by atoms with Gasteiger partial charge in [-0.1, -0.05) is 26.2 Å². The predicted molar refractivity (Wildman–Crippen MR) is 91.2 cm³/mol. The van der Waals surface area contributed by atoms with Crippen LogP contribution in [0.25, 0.3) is 0 Å². The van der Waals surface area contributed by atoms with Gasteiger partial charge in [-0.25, -0.2) is 4.98 Å². The van der Waals surface area contributed by atoms with Gasteiger partial charge in [0.25, 0.3) is 0 Å². The van der Waals surface area contributed by atoms with Crippen molar-refractivity contribution in [2.24, 2.45) is 5.41 Å². The molecule has 2 aliphatic rings. The lowest BCUT2D eigenvalue weighted by molar-refractivity contribution is 0.226. The Morgan fingerprint density at radius 2 is 1.90 bits per heavy atom. The van der Waals surface area contributed by atoms with E-state index in [0.717, 1.165) is 13.0 Å². The zero-order valence-corrected chi connectivity index (χ0v) is 14.4. The van der Waals surface area contributed by atoms with Crippen molar-refractivity contribution in [2.45, 2.75) is 64.8 Å². The number of hydrogen-bond donors (Lipinski definition) is 1. The highest BCUT2D eigenvalue weighted by Crippen LogP contribution is 2.47. The van der Waals surface area contributed by atoms with Gasteiger partial charge in [-0.3, -0.25) is 0 Å². The number of aromatic nitrogens is 1. The molecule has 1 aliphatic carbocycles. The molecule has 3 nitrogen and oxygen atoms in total. The monoisotopic (exact) mass is 307 g/mol. The maximum atomic E-state index is 4.96. The van der Waals surface area contributed by atoms with E-state index in [2.05, 4.69) is 17.1 Å². The third-order valence-electron chi connectivity index (χ3n) is 5.35. The average Bonchev–Trinajstić information content (AvgIpc) is 3.09. The van der Waals surface area contributed by atoms with Crippen LogP contribution in [-0.2, 0) is 13.0 Å². The number of hydrogen-bond acceptors (Lipinski definition) is 4. The van der Waals surface area contributed by atoms with Crippen molar-refractivity contribution >= 4 is 16.5 Å². The van der Waals surface area contributed by atoms with Gasteiger partial charge in [0.15, 0.2) is 5.13 Å². The molecule has 3 rings (SSSR count). The molecule has 1 aromatic heterocycles. The summed E-state index contributed by atoms with van der Waals surface area (Å²) in [6.07, 6.45) is 11.0. The van der Waals surface area contributed by atoms with Gasteiger partial charge in [0, 0.05) is 24.5 Å². The molecule has 0 radical (unpaired) electrons. The smallest absolute Gasteiger partial charge is 0.185 e. The number of thiazole rings is 1. The molecule has 2 fully saturated rings. The van der Waals surface area contributed by atoms with Gasteiger partial charge < -0.3 is 10.2 Å². The lowest BCUT2D eigenvalue weighted by Gasteiger charge is -2.39. The molecule has 4 heteroatoms.